The third-order valence-corrected chi connectivity index (χ3v) is 7.44. The number of nitriles is 1. The fraction of sp³-hybridized carbons (Fsp3) is 0.455. The molecular weight excluding hydrogens is 428 g/mol. The number of piperidine rings is 1. The molecular formula is C22H27N6O3S. The minimum absolute atomic E-state index is 0.112. The molecule has 1 unspecified atom stereocenters. The van der Waals surface area contributed by atoms with Crippen molar-refractivity contribution in [1.82, 2.24) is 20.2 Å². The van der Waals surface area contributed by atoms with Crippen LogP contribution in [0.5, 0.6) is 0 Å². The van der Waals surface area contributed by atoms with E-state index in [9.17, 15) is 18.5 Å². The number of hydrogen-bond acceptors (Lipinski definition) is 7. The highest BCUT2D eigenvalue weighted by Gasteiger charge is 2.32. The zero-order chi connectivity index (χ0) is 22.7. The molecule has 3 heterocycles. The molecule has 9 nitrogen and oxygen atoms in total. The molecule has 1 atom stereocenters. The largest absolute Gasteiger partial charge is 0.363 e. The van der Waals surface area contributed by atoms with Crippen molar-refractivity contribution in [2.45, 2.75) is 31.8 Å². The lowest BCUT2D eigenvalue weighted by molar-refractivity contribution is 0.254. The lowest BCUT2D eigenvalue weighted by atomic mass is 9.96. The number of aryl methyl sites for hydroxylation is 1. The molecule has 0 spiro atoms. The normalized spacial score (nSPS) is 19.2. The number of fused-ring (bicyclic) bond motifs is 1. The summed E-state index contributed by atoms with van der Waals surface area (Å²) in [5, 5.41) is 14.3. The van der Waals surface area contributed by atoms with Crippen LogP contribution >= 0.6 is 0 Å². The minimum atomic E-state index is -4.01. The van der Waals surface area contributed by atoms with Gasteiger partial charge in [0, 0.05) is 25.5 Å². The van der Waals surface area contributed by atoms with Crippen molar-refractivity contribution in [2.24, 2.45) is 13.0 Å². The maximum absolute atomic E-state index is 12.7. The summed E-state index contributed by atoms with van der Waals surface area (Å²) in [6.07, 6.45) is 5.38. The molecule has 4 rings (SSSR count). The molecule has 169 valence electrons. The van der Waals surface area contributed by atoms with Crippen LogP contribution in [-0.2, 0) is 29.9 Å². The monoisotopic (exact) mass is 455 g/mol. The Morgan fingerprint density at radius 3 is 2.84 bits per heavy atom. The standard InChI is InChI=1S/C22H27N6O3S/c1-27-15-25-11-20(27)13-28-12-19(9-18-8-17(10-23)2-3-21(18)28)26-22(29)32(30,31)14-16-4-6-24-7-5-16/h2-3,8,11,14-16,19,24H,4-7,9,12-13H2,1H3,(H,26,29). The Labute approximate surface area is 188 Å². The van der Waals surface area contributed by atoms with Gasteiger partial charge in [0.15, 0.2) is 0 Å². The maximum atomic E-state index is 12.7. The number of nitrogens with zero attached hydrogens (tertiary/aromatic N) is 4. The van der Waals surface area contributed by atoms with E-state index in [0.717, 1.165) is 30.0 Å². The fourth-order valence-electron chi connectivity index (χ4n) is 4.34. The lowest BCUT2D eigenvalue weighted by Gasteiger charge is -2.36. The van der Waals surface area contributed by atoms with E-state index in [1.165, 1.54) is 5.75 Å². The summed E-state index contributed by atoms with van der Waals surface area (Å²) in [6, 6.07) is 7.23. The number of hydrogen-bond donors (Lipinski definition) is 2. The summed E-state index contributed by atoms with van der Waals surface area (Å²) in [7, 11) is -2.10. The van der Waals surface area contributed by atoms with E-state index in [1.807, 2.05) is 17.7 Å². The first-order chi connectivity index (χ1) is 15.4. The van der Waals surface area contributed by atoms with E-state index in [1.54, 1.807) is 24.7 Å². The van der Waals surface area contributed by atoms with Crippen molar-refractivity contribution >= 4 is 20.8 Å². The SMILES string of the molecule is Cn1cncc1CN1CC(NC(=O)S(=O)(=O)[CH]C2CCNCC2)Cc2cc(C#N)ccc21. The van der Waals surface area contributed by atoms with Gasteiger partial charge in [0.2, 0.25) is 9.84 Å². The summed E-state index contributed by atoms with van der Waals surface area (Å²) < 4.78 is 27.2. The Bertz CT molecular complexity index is 1130. The molecule has 1 aromatic heterocycles. The zero-order valence-electron chi connectivity index (χ0n) is 18.0. The number of nitrogens with one attached hydrogen (secondary N) is 2. The number of sulfone groups is 1. The molecule has 2 aromatic rings. The van der Waals surface area contributed by atoms with Crippen molar-refractivity contribution in [3.63, 3.8) is 0 Å². The second-order valence-electron chi connectivity index (χ2n) is 8.43. The van der Waals surface area contributed by atoms with Gasteiger partial charge in [-0.25, -0.2) is 13.4 Å². The molecule has 0 aliphatic carbocycles. The van der Waals surface area contributed by atoms with Gasteiger partial charge >= 0.3 is 5.24 Å². The number of carbonyl (C=O) groups excluding carboxylic acids is 1. The molecule has 2 N–H and O–H groups in total. The summed E-state index contributed by atoms with van der Waals surface area (Å²) in [6.45, 7) is 2.51. The first kappa shape index (κ1) is 22.3. The van der Waals surface area contributed by atoms with Crippen LogP contribution in [0.3, 0.4) is 0 Å². The van der Waals surface area contributed by atoms with Gasteiger partial charge in [-0.15, -0.1) is 0 Å². The van der Waals surface area contributed by atoms with E-state index in [0.29, 0.717) is 37.9 Å². The summed E-state index contributed by atoms with van der Waals surface area (Å²) in [4.78, 5) is 18.9. The fourth-order valence-corrected chi connectivity index (χ4v) is 5.58. The molecule has 2 aliphatic heterocycles. The molecule has 0 saturated carbocycles. The van der Waals surface area contributed by atoms with Crippen molar-refractivity contribution in [1.29, 1.82) is 5.26 Å². The van der Waals surface area contributed by atoms with Gasteiger partial charge < -0.3 is 20.1 Å². The summed E-state index contributed by atoms with van der Waals surface area (Å²) in [5.41, 5.74) is 3.39. The van der Waals surface area contributed by atoms with Gasteiger partial charge in [-0.05, 0) is 62.0 Å². The van der Waals surface area contributed by atoms with Gasteiger partial charge in [-0.2, -0.15) is 5.26 Å². The number of amides is 1. The number of rotatable bonds is 5. The lowest BCUT2D eigenvalue weighted by Crippen LogP contribution is -2.49. The quantitative estimate of drug-likeness (QED) is 0.701. The predicted octanol–water partition coefficient (Wildman–Crippen LogP) is 1.51. The highest BCUT2D eigenvalue weighted by atomic mass is 32.2. The average Bonchev–Trinajstić information content (AvgIpc) is 3.18. The topological polar surface area (TPSA) is 120 Å². The molecule has 1 amide bonds. The minimum Gasteiger partial charge on any atom is -0.363 e. The van der Waals surface area contributed by atoms with Crippen molar-refractivity contribution in [3.05, 3.63) is 53.3 Å². The highest BCUT2D eigenvalue weighted by Crippen LogP contribution is 2.30. The molecule has 10 heteroatoms. The molecule has 1 aromatic carbocycles. The second kappa shape index (κ2) is 9.30. The Morgan fingerprint density at radius 2 is 2.16 bits per heavy atom. The van der Waals surface area contributed by atoms with Crippen molar-refractivity contribution < 1.29 is 13.2 Å². The Morgan fingerprint density at radius 1 is 1.38 bits per heavy atom. The van der Waals surface area contributed by atoms with Gasteiger partial charge in [0.05, 0.1) is 42.0 Å². The van der Waals surface area contributed by atoms with Crippen molar-refractivity contribution in [2.75, 3.05) is 24.5 Å². The van der Waals surface area contributed by atoms with Crippen molar-refractivity contribution in [3.8, 4) is 6.07 Å². The van der Waals surface area contributed by atoms with Crippen LogP contribution < -0.4 is 15.5 Å². The van der Waals surface area contributed by atoms with Crippen LogP contribution in [0.4, 0.5) is 10.5 Å². The molecule has 2 aliphatic rings. The Balaban J connectivity index is 1.51. The predicted molar refractivity (Wildman–Crippen MR) is 120 cm³/mol. The van der Waals surface area contributed by atoms with Crippen LogP contribution in [0.2, 0.25) is 0 Å². The summed E-state index contributed by atoms with van der Waals surface area (Å²) >= 11 is 0. The van der Waals surface area contributed by atoms with E-state index in [4.69, 9.17) is 0 Å². The van der Waals surface area contributed by atoms with Gasteiger partial charge in [-0.1, -0.05) is 0 Å². The molecule has 1 saturated heterocycles. The maximum Gasteiger partial charge on any atom is 0.337 e. The first-order valence-electron chi connectivity index (χ1n) is 10.7. The van der Waals surface area contributed by atoms with Gasteiger partial charge in [0.1, 0.15) is 0 Å². The van der Waals surface area contributed by atoms with Crippen LogP contribution in [-0.4, -0.2) is 48.9 Å². The van der Waals surface area contributed by atoms with Gasteiger partial charge in [0.25, 0.3) is 0 Å². The van der Waals surface area contributed by atoms with Crippen LogP contribution in [0.15, 0.2) is 30.7 Å². The average molecular weight is 456 g/mol. The third-order valence-electron chi connectivity index (χ3n) is 6.06. The third kappa shape index (κ3) is 4.95. The number of aromatic nitrogens is 2. The molecule has 0 bridgehead atoms. The molecule has 1 radical (unpaired) electrons. The van der Waals surface area contributed by atoms with Crippen LogP contribution in [0.25, 0.3) is 0 Å². The Kier molecular flexibility index (Phi) is 6.48. The highest BCUT2D eigenvalue weighted by molar-refractivity contribution is 8.07. The van der Waals surface area contributed by atoms with Crippen LogP contribution in [0, 0.1) is 23.0 Å². The van der Waals surface area contributed by atoms with E-state index >= 15 is 0 Å². The van der Waals surface area contributed by atoms with E-state index < -0.39 is 21.1 Å². The number of imidazole rings is 1. The Hall–Kier alpha value is -2.90. The second-order valence-corrected chi connectivity index (χ2v) is 10.2. The molecule has 1 fully saturated rings. The van der Waals surface area contributed by atoms with E-state index in [2.05, 4.69) is 26.6 Å². The number of benzene rings is 1. The first-order valence-corrected chi connectivity index (χ1v) is 12.2. The zero-order valence-corrected chi connectivity index (χ0v) is 18.8. The number of anilines is 1. The van der Waals surface area contributed by atoms with Crippen LogP contribution in [0.1, 0.15) is 29.7 Å². The van der Waals surface area contributed by atoms with E-state index in [-0.39, 0.29) is 5.92 Å². The molecule has 32 heavy (non-hydrogen) atoms. The summed E-state index contributed by atoms with van der Waals surface area (Å²) in [5.74, 6) is 1.10. The van der Waals surface area contributed by atoms with Gasteiger partial charge in [-0.3, -0.25) is 4.79 Å². The number of carbonyl (C=O) groups is 1. The smallest absolute Gasteiger partial charge is 0.337 e.